The van der Waals surface area contributed by atoms with E-state index in [1.807, 2.05) is 19.1 Å². The molecule has 2 aromatic rings. The van der Waals surface area contributed by atoms with Gasteiger partial charge in [0.15, 0.2) is 12.0 Å². The number of thioether (sulfide) groups is 1. The van der Waals surface area contributed by atoms with E-state index in [0.717, 1.165) is 34.6 Å². The molecular formula is C21H26N2O2S. The number of ketones is 1. The minimum Gasteiger partial charge on any atom is -0.618 e. The van der Waals surface area contributed by atoms with Crippen molar-refractivity contribution in [2.45, 2.75) is 57.5 Å². The van der Waals surface area contributed by atoms with Crippen LogP contribution in [-0.4, -0.2) is 16.1 Å². The second-order valence-electron chi connectivity index (χ2n) is 6.87. The average Bonchev–Trinajstić information content (AvgIpc) is 2.94. The normalized spacial score (nSPS) is 14.3. The van der Waals surface area contributed by atoms with E-state index >= 15 is 0 Å². The van der Waals surface area contributed by atoms with Gasteiger partial charge in [-0.2, -0.15) is 4.73 Å². The first-order valence-electron chi connectivity index (χ1n) is 9.25. The minimum absolute atomic E-state index is 0.0788. The van der Waals surface area contributed by atoms with Gasteiger partial charge in [-0.15, -0.1) is 0 Å². The highest BCUT2D eigenvalue weighted by molar-refractivity contribution is 7.99. The summed E-state index contributed by atoms with van der Waals surface area (Å²) in [6, 6.07) is 7.23. The van der Waals surface area contributed by atoms with E-state index in [1.54, 1.807) is 17.7 Å². The number of nitrogens with zero attached hydrogens (tertiary/aromatic N) is 2. The molecule has 0 bridgehead atoms. The van der Waals surface area contributed by atoms with Crippen molar-refractivity contribution >= 4 is 17.5 Å². The zero-order valence-electron chi connectivity index (χ0n) is 15.5. The van der Waals surface area contributed by atoms with Crippen LogP contribution in [0.4, 0.5) is 0 Å². The van der Waals surface area contributed by atoms with Gasteiger partial charge in [0.2, 0.25) is 0 Å². The summed E-state index contributed by atoms with van der Waals surface area (Å²) in [6.45, 7) is 5.02. The van der Waals surface area contributed by atoms with Crippen LogP contribution >= 0.6 is 11.8 Å². The molecule has 3 rings (SSSR count). The van der Waals surface area contributed by atoms with Crippen LogP contribution in [0.3, 0.4) is 0 Å². The number of allylic oxidation sites excluding steroid dienone is 2. The van der Waals surface area contributed by atoms with Crippen LogP contribution < -0.4 is 4.73 Å². The van der Waals surface area contributed by atoms with Gasteiger partial charge in [-0.25, -0.2) is 0 Å². The molecule has 138 valence electrons. The zero-order chi connectivity index (χ0) is 18.5. The summed E-state index contributed by atoms with van der Waals surface area (Å²) in [4.78, 5) is 12.7. The number of pyridine rings is 1. The molecule has 1 aliphatic rings. The summed E-state index contributed by atoms with van der Waals surface area (Å²) in [5.74, 6) is 0.358. The molecule has 0 saturated carbocycles. The summed E-state index contributed by atoms with van der Waals surface area (Å²) in [7, 11) is 0. The third-order valence-corrected chi connectivity index (χ3v) is 6.07. The third-order valence-electron chi connectivity index (χ3n) is 5.06. The Morgan fingerprint density at radius 1 is 1.31 bits per heavy atom. The molecule has 0 amide bonds. The molecular weight excluding hydrogens is 344 g/mol. The predicted octanol–water partition coefficient (Wildman–Crippen LogP) is 4.60. The van der Waals surface area contributed by atoms with Gasteiger partial charge in [0, 0.05) is 35.6 Å². The molecule has 26 heavy (non-hydrogen) atoms. The Labute approximate surface area is 159 Å². The van der Waals surface area contributed by atoms with E-state index in [9.17, 15) is 10.0 Å². The Hall–Kier alpha value is -2.01. The van der Waals surface area contributed by atoms with Crippen LogP contribution in [0.15, 0.2) is 47.1 Å². The highest BCUT2D eigenvalue weighted by atomic mass is 32.2. The summed E-state index contributed by atoms with van der Waals surface area (Å²) in [5.41, 5.74) is 4.50. The average molecular weight is 371 g/mol. The van der Waals surface area contributed by atoms with E-state index < -0.39 is 0 Å². The molecule has 0 unspecified atom stereocenters. The molecule has 0 N–H and O–H groups in total. The minimum atomic E-state index is 0.0788. The van der Waals surface area contributed by atoms with Crippen LogP contribution in [-0.2, 0) is 6.54 Å². The number of rotatable bonds is 7. The number of hydrogen-bond acceptors (Lipinski definition) is 3. The Balaban J connectivity index is 1.65. The number of carbonyl (C=O) groups is 1. The van der Waals surface area contributed by atoms with Crippen LogP contribution in [0.5, 0.6) is 0 Å². The summed E-state index contributed by atoms with van der Waals surface area (Å²) >= 11 is 1.29. The van der Waals surface area contributed by atoms with Gasteiger partial charge in [-0.3, -0.25) is 4.79 Å². The lowest BCUT2D eigenvalue weighted by atomic mass is 9.97. The Bertz CT molecular complexity index is 823. The first-order valence-corrected chi connectivity index (χ1v) is 10.2. The molecule has 2 aromatic heterocycles. The van der Waals surface area contributed by atoms with Gasteiger partial charge in [-0.1, -0.05) is 11.6 Å². The number of aromatic nitrogens is 2. The second kappa shape index (κ2) is 8.58. The van der Waals surface area contributed by atoms with Gasteiger partial charge in [0.05, 0.1) is 5.75 Å². The largest absolute Gasteiger partial charge is 0.618 e. The molecule has 0 radical (unpaired) electrons. The van der Waals surface area contributed by atoms with E-state index in [2.05, 4.69) is 17.6 Å². The van der Waals surface area contributed by atoms with Gasteiger partial charge in [-0.05, 0) is 69.8 Å². The second-order valence-corrected chi connectivity index (χ2v) is 7.87. The van der Waals surface area contributed by atoms with Gasteiger partial charge in [0.1, 0.15) is 0 Å². The monoisotopic (exact) mass is 370 g/mol. The molecule has 0 atom stereocenters. The van der Waals surface area contributed by atoms with E-state index in [0.29, 0.717) is 5.03 Å². The smallest absolute Gasteiger partial charge is 0.251 e. The predicted molar refractivity (Wildman–Crippen MR) is 106 cm³/mol. The first kappa shape index (κ1) is 18.8. The maximum Gasteiger partial charge on any atom is 0.251 e. The van der Waals surface area contributed by atoms with Gasteiger partial charge >= 0.3 is 0 Å². The Morgan fingerprint density at radius 3 is 2.88 bits per heavy atom. The number of aryl methyl sites for hydroxylation is 1. The maximum absolute atomic E-state index is 12.7. The molecule has 0 spiro atoms. The Kier molecular flexibility index (Phi) is 6.20. The fourth-order valence-corrected chi connectivity index (χ4v) is 4.35. The summed E-state index contributed by atoms with van der Waals surface area (Å²) < 4.78 is 3.06. The maximum atomic E-state index is 12.7. The van der Waals surface area contributed by atoms with Crippen molar-refractivity contribution in [1.29, 1.82) is 0 Å². The van der Waals surface area contributed by atoms with Crippen molar-refractivity contribution in [3.05, 3.63) is 64.3 Å². The SMILES string of the molecule is Cc1cc(C(=O)CSc2cccc[n+]2[O-])c(C)n1CCC1=CCCCC1. The number of Topliss-reactive ketones (excluding diaryl/α,β-unsaturated/α-hetero) is 1. The fraction of sp³-hybridized carbons (Fsp3) is 0.429. The highest BCUT2D eigenvalue weighted by Crippen LogP contribution is 2.24. The molecule has 0 aliphatic heterocycles. The quantitative estimate of drug-likeness (QED) is 0.235. The van der Waals surface area contributed by atoms with E-state index in [4.69, 9.17) is 0 Å². The lowest BCUT2D eigenvalue weighted by molar-refractivity contribution is -0.645. The molecule has 1 aliphatic carbocycles. The van der Waals surface area contributed by atoms with Crippen LogP contribution in [0.2, 0.25) is 0 Å². The molecule has 0 aromatic carbocycles. The van der Waals surface area contributed by atoms with Crippen LogP contribution in [0.1, 0.15) is 53.8 Å². The summed E-state index contributed by atoms with van der Waals surface area (Å²) in [6.07, 6.45) is 9.95. The Morgan fingerprint density at radius 2 is 2.15 bits per heavy atom. The van der Waals surface area contributed by atoms with E-state index in [-0.39, 0.29) is 11.5 Å². The molecule has 5 heteroatoms. The van der Waals surface area contributed by atoms with Crippen molar-refractivity contribution in [1.82, 2.24) is 4.57 Å². The fourth-order valence-electron chi connectivity index (χ4n) is 3.56. The molecule has 0 fully saturated rings. The van der Waals surface area contributed by atoms with Gasteiger partial charge < -0.3 is 9.77 Å². The van der Waals surface area contributed by atoms with Gasteiger partial charge in [0.25, 0.3) is 5.03 Å². The van der Waals surface area contributed by atoms with Crippen LogP contribution in [0.25, 0.3) is 0 Å². The molecule has 0 saturated heterocycles. The number of hydrogen-bond donors (Lipinski definition) is 0. The highest BCUT2D eigenvalue weighted by Gasteiger charge is 2.17. The molecule has 2 heterocycles. The zero-order valence-corrected chi connectivity index (χ0v) is 16.3. The lowest BCUT2D eigenvalue weighted by Gasteiger charge is -2.15. The standard InChI is InChI=1S/C21H26N2O2S/c1-16-14-19(20(24)15-26-21-10-6-7-12-23(21)25)17(2)22(16)13-11-18-8-4-3-5-9-18/h6-8,10,12,14H,3-5,9,11,13,15H2,1-2H3. The van der Waals surface area contributed by atoms with Crippen LogP contribution in [0, 0.1) is 19.1 Å². The van der Waals surface area contributed by atoms with Crippen molar-refractivity contribution in [2.24, 2.45) is 0 Å². The first-order chi connectivity index (χ1) is 12.6. The number of carbonyl (C=O) groups excluding carboxylic acids is 1. The topological polar surface area (TPSA) is 48.9 Å². The third kappa shape index (κ3) is 4.39. The summed E-state index contributed by atoms with van der Waals surface area (Å²) in [5, 5.41) is 12.3. The lowest BCUT2D eigenvalue weighted by Crippen LogP contribution is -2.28. The van der Waals surface area contributed by atoms with Crippen molar-refractivity contribution in [3.63, 3.8) is 0 Å². The molecule has 4 nitrogen and oxygen atoms in total. The van der Waals surface area contributed by atoms with E-state index in [1.165, 1.54) is 43.6 Å². The van der Waals surface area contributed by atoms with Crippen molar-refractivity contribution in [3.8, 4) is 0 Å². The van der Waals surface area contributed by atoms with Crippen molar-refractivity contribution in [2.75, 3.05) is 5.75 Å². The van der Waals surface area contributed by atoms with Crippen molar-refractivity contribution < 1.29 is 9.52 Å².